The van der Waals surface area contributed by atoms with Crippen LogP contribution in [-0.2, 0) is 11.3 Å². The van der Waals surface area contributed by atoms with Crippen molar-refractivity contribution in [3.8, 4) is 0 Å². The third kappa shape index (κ3) is 3.37. The predicted molar refractivity (Wildman–Crippen MR) is 81.4 cm³/mol. The average molecular weight is 331 g/mol. The van der Waals surface area contributed by atoms with E-state index in [9.17, 15) is 4.79 Å². The highest BCUT2D eigenvalue weighted by Crippen LogP contribution is 2.25. The lowest BCUT2D eigenvalue weighted by molar-refractivity contribution is 0.0474. The molecule has 0 spiro atoms. The van der Waals surface area contributed by atoms with Crippen molar-refractivity contribution in [2.24, 2.45) is 0 Å². The summed E-state index contributed by atoms with van der Waals surface area (Å²) in [4.78, 5) is 12.0. The summed E-state index contributed by atoms with van der Waals surface area (Å²) in [5.41, 5.74) is 6.87. The van der Waals surface area contributed by atoms with Crippen molar-refractivity contribution < 1.29 is 9.53 Å². The quantitative estimate of drug-likeness (QED) is 0.661. The molecule has 0 amide bonds. The van der Waals surface area contributed by atoms with Crippen LogP contribution in [0.1, 0.15) is 15.9 Å². The maximum Gasteiger partial charge on any atom is 0.342 e. The first-order valence-electron chi connectivity index (χ1n) is 5.64. The summed E-state index contributed by atoms with van der Waals surface area (Å²) in [7, 11) is 0. The van der Waals surface area contributed by atoms with Gasteiger partial charge in [0.15, 0.2) is 0 Å². The van der Waals surface area contributed by atoms with E-state index in [1.165, 1.54) is 0 Å². The number of halogens is 3. The smallest absolute Gasteiger partial charge is 0.342 e. The number of carbonyl (C=O) groups is 1. The summed E-state index contributed by atoms with van der Waals surface area (Å²) in [5, 5.41) is 1.10. The van der Waals surface area contributed by atoms with Crippen LogP contribution in [0.15, 0.2) is 36.4 Å². The molecule has 0 heterocycles. The number of esters is 1. The summed E-state index contributed by atoms with van der Waals surface area (Å²) in [6.07, 6.45) is 0. The molecule has 2 aromatic carbocycles. The Morgan fingerprint density at radius 2 is 1.80 bits per heavy atom. The Kier molecular flexibility index (Phi) is 4.76. The maximum atomic E-state index is 12.0. The van der Waals surface area contributed by atoms with Crippen LogP contribution in [-0.4, -0.2) is 5.97 Å². The highest BCUT2D eigenvalue weighted by Gasteiger charge is 2.15. The summed E-state index contributed by atoms with van der Waals surface area (Å²) in [5.74, 6) is -0.584. The molecule has 0 unspecified atom stereocenters. The van der Waals surface area contributed by atoms with Crippen molar-refractivity contribution in [3.63, 3.8) is 0 Å². The Hall–Kier alpha value is -1.42. The number of rotatable bonds is 3. The Morgan fingerprint density at radius 1 is 1.05 bits per heavy atom. The molecule has 0 aliphatic heterocycles. The van der Waals surface area contributed by atoms with Gasteiger partial charge in [-0.25, -0.2) is 4.79 Å². The van der Waals surface area contributed by atoms with Crippen LogP contribution in [0.25, 0.3) is 0 Å². The van der Waals surface area contributed by atoms with Gasteiger partial charge in [-0.05, 0) is 29.8 Å². The second-order valence-electron chi connectivity index (χ2n) is 4.03. The second-order valence-corrected chi connectivity index (χ2v) is 5.25. The van der Waals surface area contributed by atoms with Gasteiger partial charge < -0.3 is 10.5 Å². The van der Waals surface area contributed by atoms with E-state index >= 15 is 0 Å². The van der Waals surface area contributed by atoms with Crippen LogP contribution in [0.5, 0.6) is 0 Å². The summed E-state index contributed by atoms with van der Waals surface area (Å²) in [6, 6.07) is 9.81. The van der Waals surface area contributed by atoms with Crippen LogP contribution in [0.3, 0.4) is 0 Å². The molecule has 0 fully saturated rings. The lowest BCUT2D eigenvalue weighted by Crippen LogP contribution is -2.09. The fourth-order valence-corrected chi connectivity index (χ4v) is 2.19. The molecule has 0 saturated heterocycles. The van der Waals surface area contributed by atoms with Crippen LogP contribution >= 0.6 is 34.8 Å². The zero-order chi connectivity index (χ0) is 14.7. The molecule has 0 atom stereocenters. The molecule has 2 N–H and O–H groups in total. The molecule has 104 valence electrons. The largest absolute Gasteiger partial charge is 0.457 e. The Labute approximate surface area is 131 Å². The van der Waals surface area contributed by atoms with Crippen LogP contribution < -0.4 is 5.73 Å². The highest BCUT2D eigenvalue weighted by molar-refractivity contribution is 6.42. The summed E-state index contributed by atoms with van der Waals surface area (Å²) in [6.45, 7) is 0.0559. The third-order valence-electron chi connectivity index (χ3n) is 2.60. The Morgan fingerprint density at radius 3 is 2.45 bits per heavy atom. The number of anilines is 1. The van der Waals surface area contributed by atoms with Gasteiger partial charge in [-0.15, -0.1) is 0 Å². The van der Waals surface area contributed by atoms with Crippen LogP contribution in [0.2, 0.25) is 15.1 Å². The molecule has 2 rings (SSSR count). The number of benzene rings is 2. The van der Waals surface area contributed by atoms with E-state index in [4.69, 9.17) is 45.3 Å². The normalized spacial score (nSPS) is 10.3. The molecule has 0 aliphatic carbocycles. The van der Waals surface area contributed by atoms with E-state index in [0.29, 0.717) is 10.0 Å². The summed E-state index contributed by atoms with van der Waals surface area (Å²) < 4.78 is 5.17. The van der Waals surface area contributed by atoms with Gasteiger partial charge in [0, 0.05) is 5.69 Å². The number of hydrogen-bond acceptors (Lipinski definition) is 3. The van der Waals surface area contributed by atoms with E-state index < -0.39 is 5.97 Å². The second kappa shape index (κ2) is 6.35. The topological polar surface area (TPSA) is 52.3 Å². The van der Waals surface area contributed by atoms with E-state index in [1.807, 2.05) is 0 Å². The van der Waals surface area contributed by atoms with Crippen molar-refractivity contribution in [1.29, 1.82) is 0 Å². The standard InChI is InChI=1S/C14H10Cl3NO2/c15-9-5-4-8(6-11(9)17)7-20-14(19)13-10(16)2-1-3-12(13)18/h1-6H,7,18H2. The maximum absolute atomic E-state index is 12.0. The number of nitrogen functional groups attached to an aromatic ring is 1. The molecule has 0 bridgehead atoms. The van der Waals surface area contributed by atoms with Gasteiger partial charge in [-0.2, -0.15) is 0 Å². The molecule has 0 radical (unpaired) electrons. The lowest BCUT2D eigenvalue weighted by Gasteiger charge is -2.09. The molecule has 6 heteroatoms. The monoisotopic (exact) mass is 329 g/mol. The van der Waals surface area contributed by atoms with E-state index in [-0.39, 0.29) is 22.9 Å². The zero-order valence-corrected chi connectivity index (χ0v) is 12.5. The first-order valence-corrected chi connectivity index (χ1v) is 6.77. The van der Waals surface area contributed by atoms with Crippen molar-refractivity contribution in [2.75, 3.05) is 5.73 Å². The number of carbonyl (C=O) groups excluding carboxylic acids is 1. The molecule has 0 saturated carbocycles. The first-order chi connectivity index (χ1) is 9.49. The van der Waals surface area contributed by atoms with E-state index in [2.05, 4.69) is 0 Å². The average Bonchev–Trinajstić information content (AvgIpc) is 2.40. The van der Waals surface area contributed by atoms with Crippen molar-refractivity contribution >= 4 is 46.5 Å². The van der Waals surface area contributed by atoms with Gasteiger partial charge in [0.05, 0.1) is 15.1 Å². The van der Waals surface area contributed by atoms with Crippen molar-refractivity contribution in [2.45, 2.75) is 6.61 Å². The Bertz CT molecular complexity index is 639. The van der Waals surface area contributed by atoms with Crippen molar-refractivity contribution in [1.82, 2.24) is 0 Å². The predicted octanol–water partition coefficient (Wildman–Crippen LogP) is 4.59. The lowest BCUT2D eigenvalue weighted by atomic mass is 10.2. The van der Waals surface area contributed by atoms with Crippen LogP contribution in [0.4, 0.5) is 5.69 Å². The minimum Gasteiger partial charge on any atom is -0.457 e. The van der Waals surface area contributed by atoms with Gasteiger partial charge in [0.1, 0.15) is 12.2 Å². The molecule has 0 aromatic heterocycles. The Balaban J connectivity index is 2.11. The molecular formula is C14H10Cl3NO2. The number of nitrogens with two attached hydrogens (primary N) is 1. The molecule has 2 aromatic rings. The van der Waals surface area contributed by atoms with Crippen molar-refractivity contribution in [3.05, 3.63) is 62.6 Å². The molecule has 0 aliphatic rings. The number of hydrogen-bond donors (Lipinski definition) is 1. The van der Waals surface area contributed by atoms with Gasteiger partial charge >= 0.3 is 5.97 Å². The fraction of sp³-hybridized carbons (Fsp3) is 0.0714. The first kappa shape index (κ1) is 15.0. The van der Waals surface area contributed by atoms with Gasteiger partial charge in [0.2, 0.25) is 0 Å². The molecular weight excluding hydrogens is 321 g/mol. The minimum absolute atomic E-state index is 0.0559. The third-order valence-corrected chi connectivity index (χ3v) is 3.66. The van der Waals surface area contributed by atoms with Gasteiger partial charge in [-0.1, -0.05) is 46.9 Å². The van der Waals surface area contributed by atoms with E-state index in [1.54, 1.807) is 36.4 Å². The van der Waals surface area contributed by atoms with Gasteiger partial charge in [0.25, 0.3) is 0 Å². The SMILES string of the molecule is Nc1cccc(Cl)c1C(=O)OCc1ccc(Cl)c(Cl)c1. The van der Waals surface area contributed by atoms with Crippen LogP contribution in [0, 0.1) is 0 Å². The molecule has 3 nitrogen and oxygen atoms in total. The number of ether oxygens (including phenoxy) is 1. The highest BCUT2D eigenvalue weighted by atomic mass is 35.5. The zero-order valence-electron chi connectivity index (χ0n) is 10.2. The summed E-state index contributed by atoms with van der Waals surface area (Å²) >= 11 is 17.6. The minimum atomic E-state index is -0.584. The molecule has 20 heavy (non-hydrogen) atoms. The van der Waals surface area contributed by atoms with E-state index in [0.717, 1.165) is 5.56 Å². The van der Waals surface area contributed by atoms with Gasteiger partial charge in [-0.3, -0.25) is 0 Å². The fourth-order valence-electron chi connectivity index (χ4n) is 1.61.